The minimum absolute atomic E-state index is 0.228. The largest absolute Gasteiger partial charge is 0.349 e. The third-order valence-electron chi connectivity index (χ3n) is 5.61. The Morgan fingerprint density at radius 1 is 1.23 bits per heavy atom. The fourth-order valence-corrected chi connectivity index (χ4v) is 7.15. The van der Waals surface area contributed by atoms with Gasteiger partial charge in [-0.25, -0.2) is 4.21 Å². The van der Waals surface area contributed by atoms with E-state index in [4.69, 9.17) is 0 Å². The van der Waals surface area contributed by atoms with Gasteiger partial charge < -0.3 is 15.1 Å². The number of aromatic amines is 1. The van der Waals surface area contributed by atoms with E-state index in [2.05, 4.69) is 16.2 Å². The van der Waals surface area contributed by atoms with Crippen molar-refractivity contribution in [2.24, 2.45) is 0 Å². The molecule has 182 valence electrons. The van der Waals surface area contributed by atoms with Crippen molar-refractivity contribution in [3.8, 4) is 0 Å². The van der Waals surface area contributed by atoms with E-state index in [-0.39, 0.29) is 17.7 Å². The first-order valence-corrected chi connectivity index (χ1v) is 14.6. The quantitative estimate of drug-likeness (QED) is 0.228. The van der Waals surface area contributed by atoms with Crippen molar-refractivity contribution in [2.45, 2.75) is 22.1 Å². The third kappa shape index (κ3) is 5.63. The lowest BCUT2D eigenvalue weighted by atomic mass is 10.1. The normalized spacial score (nSPS) is 13.8. The Labute approximate surface area is 213 Å². The van der Waals surface area contributed by atoms with Crippen LogP contribution in [0.25, 0.3) is 10.9 Å². The number of carbonyl (C=O) groups is 2. The zero-order valence-corrected chi connectivity index (χ0v) is 22.0. The Kier molecular flexibility index (Phi) is 7.69. The van der Waals surface area contributed by atoms with E-state index >= 15 is 0 Å². The molecule has 9 heteroatoms. The standard InChI is InChI=1S/C26H27N3O3S3/c1-18-12-20-14-22(26(31)27-15-21(16-30)34-17-19-8-5-4-6-9-19)28-25(20)23(13-18)29(2)35(3,32)24-10-7-11-33-24/h4-14,16,21,28H,3,15,17H2,1-2H3,(H,27,31). The van der Waals surface area contributed by atoms with Gasteiger partial charge in [0.1, 0.15) is 16.2 Å². The second kappa shape index (κ2) is 10.7. The minimum atomic E-state index is -2.73. The van der Waals surface area contributed by atoms with Crippen molar-refractivity contribution >= 4 is 67.5 Å². The predicted octanol–water partition coefficient (Wildman–Crippen LogP) is 4.90. The number of carbonyl (C=O) groups excluding carboxylic acids is 2. The van der Waals surface area contributed by atoms with E-state index in [0.29, 0.717) is 26.9 Å². The smallest absolute Gasteiger partial charge is 0.267 e. The van der Waals surface area contributed by atoms with Crippen molar-refractivity contribution in [3.63, 3.8) is 0 Å². The summed E-state index contributed by atoms with van der Waals surface area (Å²) in [6.07, 6.45) is 0.866. The van der Waals surface area contributed by atoms with E-state index in [1.165, 1.54) is 23.1 Å². The molecule has 0 spiro atoms. The zero-order chi connectivity index (χ0) is 25.0. The lowest BCUT2D eigenvalue weighted by Gasteiger charge is -2.24. The average Bonchev–Trinajstić information content (AvgIpc) is 3.54. The number of H-pyrrole nitrogens is 1. The van der Waals surface area contributed by atoms with Crippen LogP contribution in [0.5, 0.6) is 0 Å². The number of thioether (sulfide) groups is 1. The summed E-state index contributed by atoms with van der Waals surface area (Å²) < 4.78 is 15.9. The second-order valence-corrected chi connectivity index (χ2v) is 12.9. The lowest BCUT2D eigenvalue weighted by Crippen LogP contribution is -2.31. The van der Waals surface area contributed by atoms with Gasteiger partial charge in [0, 0.05) is 24.7 Å². The van der Waals surface area contributed by atoms with Gasteiger partial charge in [0.2, 0.25) is 0 Å². The molecule has 0 aliphatic heterocycles. The van der Waals surface area contributed by atoms with Gasteiger partial charge in [-0.05, 0) is 53.6 Å². The van der Waals surface area contributed by atoms with Crippen LogP contribution in [0.3, 0.4) is 0 Å². The highest BCUT2D eigenvalue weighted by atomic mass is 32.2. The summed E-state index contributed by atoms with van der Waals surface area (Å²) in [6, 6.07) is 19.2. The van der Waals surface area contributed by atoms with Gasteiger partial charge >= 0.3 is 0 Å². The fraction of sp³-hybridized carbons (Fsp3) is 0.192. The molecule has 2 aromatic heterocycles. The van der Waals surface area contributed by atoms with Crippen molar-refractivity contribution < 1.29 is 13.8 Å². The maximum absolute atomic E-state index is 13.5. The van der Waals surface area contributed by atoms with Crippen molar-refractivity contribution in [2.75, 3.05) is 17.9 Å². The number of nitrogens with zero attached hydrogens (tertiary/aromatic N) is 1. The minimum Gasteiger partial charge on any atom is -0.349 e. The SMILES string of the molecule is C=S(=O)(c1cccs1)N(C)c1cc(C)cc2cc(C(=O)NCC(C=O)SCc3ccccc3)[nH]c12. The highest BCUT2D eigenvalue weighted by Gasteiger charge is 2.21. The molecule has 2 aromatic carbocycles. The number of hydrogen-bond acceptors (Lipinski definition) is 5. The lowest BCUT2D eigenvalue weighted by molar-refractivity contribution is -0.107. The van der Waals surface area contributed by atoms with Crippen LogP contribution < -0.4 is 9.62 Å². The maximum atomic E-state index is 13.5. The molecule has 0 aliphatic rings. The summed E-state index contributed by atoms with van der Waals surface area (Å²) in [5.74, 6) is 4.39. The number of aldehydes is 1. The number of nitrogens with one attached hydrogen (secondary N) is 2. The second-order valence-electron chi connectivity index (χ2n) is 8.18. The molecule has 0 saturated heterocycles. The number of rotatable bonds is 10. The van der Waals surface area contributed by atoms with Gasteiger partial charge in [0.05, 0.1) is 26.2 Å². The molecule has 4 aromatic rings. The Morgan fingerprint density at radius 2 is 2.00 bits per heavy atom. The number of aryl methyl sites for hydroxylation is 1. The predicted molar refractivity (Wildman–Crippen MR) is 149 cm³/mol. The molecule has 2 unspecified atom stereocenters. The molecule has 0 fully saturated rings. The van der Waals surface area contributed by atoms with Gasteiger partial charge in [-0.1, -0.05) is 36.4 Å². The number of hydrogen-bond donors (Lipinski definition) is 2. The van der Waals surface area contributed by atoms with Gasteiger partial charge in [-0.3, -0.25) is 9.10 Å². The summed E-state index contributed by atoms with van der Waals surface area (Å²) in [5.41, 5.74) is 3.90. The highest BCUT2D eigenvalue weighted by Crippen LogP contribution is 2.32. The first-order chi connectivity index (χ1) is 16.8. The van der Waals surface area contributed by atoms with Crippen LogP contribution in [-0.4, -0.2) is 46.1 Å². The molecule has 4 rings (SSSR count). The van der Waals surface area contributed by atoms with Gasteiger partial charge in [-0.15, -0.1) is 23.1 Å². The summed E-state index contributed by atoms with van der Waals surface area (Å²) >= 11 is 2.89. The van der Waals surface area contributed by atoms with Crippen molar-refractivity contribution in [3.05, 3.63) is 82.9 Å². The van der Waals surface area contributed by atoms with Crippen LogP contribution in [0.1, 0.15) is 21.6 Å². The molecular weight excluding hydrogens is 499 g/mol. The van der Waals surface area contributed by atoms with E-state index in [0.717, 1.165) is 22.8 Å². The molecule has 2 heterocycles. The highest BCUT2D eigenvalue weighted by molar-refractivity contribution is 8.03. The number of aromatic nitrogens is 1. The molecular formula is C26H27N3O3S3. The van der Waals surface area contributed by atoms with E-state index in [1.54, 1.807) is 17.4 Å². The van der Waals surface area contributed by atoms with Crippen LogP contribution in [0.15, 0.2) is 70.3 Å². The number of fused-ring (bicyclic) bond motifs is 1. The molecule has 6 nitrogen and oxygen atoms in total. The summed E-state index contributed by atoms with van der Waals surface area (Å²) in [7, 11) is -0.980. The first-order valence-electron chi connectivity index (χ1n) is 11.0. The van der Waals surface area contributed by atoms with Crippen LogP contribution >= 0.6 is 23.1 Å². The van der Waals surface area contributed by atoms with Crippen molar-refractivity contribution in [1.29, 1.82) is 0 Å². The Hall–Kier alpha value is -3.01. The van der Waals surface area contributed by atoms with E-state index in [9.17, 15) is 13.8 Å². The Morgan fingerprint density at radius 3 is 2.69 bits per heavy atom. The molecule has 1 amide bonds. The van der Waals surface area contributed by atoms with E-state index in [1.807, 2.05) is 66.9 Å². The van der Waals surface area contributed by atoms with Crippen LogP contribution in [0.4, 0.5) is 5.69 Å². The Balaban J connectivity index is 1.51. The van der Waals surface area contributed by atoms with Gasteiger partial charge in [0.25, 0.3) is 5.91 Å². The summed E-state index contributed by atoms with van der Waals surface area (Å²) in [6.45, 7) is 2.18. The molecule has 2 N–H and O–H groups in total. The van der Waals surface area contributed by atoms with E-state index < -0.39 is 9.71 Å². The molecule has 0 radical (unpaired) electrons. The number of anilines is 1. The summed E-state index contributed by atoms with van der Waals surface area (Å²) in [4.78, 5) is 27.6. The maximum Gasteiger partial charge on any atom is 0.267 e. The van der Waals surface area contributed by atoms with Gasteiger partial charge in [-0.2, -0.15) is 0 Å². The topological polar surface area (TPSA) is 82.3 Å². The van der Waals surface area contributed by atoms with Gasteiger partial charge in [0.15, 0.2) is 0 Å². The molecule has 0 aliphatic carbocycles. The third-order valence-corrected chi connectivity index (χ3v) is 10.4. The Bertz CT molecular complexity index is 1430. The molecule has 35 heavy (non-hydrogen) atoms. The zero-order valence-electron chi connectivity index (χ0n) is 19.5. The summed E-state index contributed by atoms with van der Waals surface area (Å²) in [5, 5.41) is 5.22. The average molecular weight is 526 g/mol. The fourth-order valence-electron chi connectivity index (χ4n) is 3.69. The molecule has 0 saturated carbocycles. The van der Waals surface area contributed by atoms with Crippen LogP contribution in [-0.2, 0) is 20.3 Å². The monoisotopic (exact) mass is 525 g/mol. The van der Waals surface area contributed by atoms with Crippen molar-refractivity contribution in [1.82, 2.24) is 10.3 Å². The number of amides is 1. The number of thiophene rings is 1. The van der Waals surface area contributed by atoms with Crippen LogP contribution in [0.2, 0.25) is 0 Å². The molecule has 0 bridgehead atoms. The van der Waals surface area contributed by atoms with Crippen LogP contribution in [0, 0.1) is 6.92 Å². The molecule has 2 atom stereocenters. The number of benzene rings is 2. The first kappa shape index (κ1) is 25.1.